The Morgan fingerprint density at radius 1 is 1.16 bits per heavy atom. The van der Waals surface area contributed by atoms with E-state index in [1.807, 2.05) is 12.3 Å². The molecule has 1 saturated carbocycles. The number of hydrogen-bond acceptors (Lipinski definition) is 4. The number of fused-ring (bicyclic) bond motifs is 3. The molecule has 3 heterocycles. The molecule has 2 aliphatic rings. The summed E-state index contributed by atoms with van der Waals surface area (Å²) in [4.78, 5) is 27.1. The van der Waals surface area contributed by atoms with Crippen molar-refractivity contribution in [2.45, 2.75) is 50.4 Å². The van der Waals surface area contributed by atoms with Crippen LogP contribution in [0.2, 0.25) is 0 Å². The number of aromatic amines is 1. The second-order valence-electron chi connectivity index (χ2n) is 7.16. The van der Waals surface area contributed by atoms with Crippen LogP contribution in [-0.2, 0) is 9.59 Å². The van der Waals surface area contributed by atoms with Crippen molar-refractivity contribution >= 4 is 33.7 Å². The minimum absolute atomic E-state index is 0.218. The molecule has 1 aliphatic carbocycles. The number of piperidine rings is 1. The largest absolute Gasteiger partial charge is 0.361 e. The van der Waals surface area contributed by atoms with Gasteiger partial charge in [-0.2, -0.15) is 0 Å². The molecular weight excluding hydrogens is 318 g/mol. The van der Waals surface area contributed by atoms with Gasteiger partial charge in [-0.15, -0.1) is 0 Å². The van der Waals surface area contributed by atoms with E-state index < -0.39 is 5.92 Å². The molecule has 6 heteroatoms. The van der Waals surface area contributed by atoms with E-state index in [9.17, 15) is 9.59 Å². The maximum atomic E-state index is 12.3. The summed E-state index contributed by atoms with van der Waals surface area (Å²) in [6.45, 7) is 0. The van der Waals surface area contributed by atoms with E-state index in [-0.39, 0.29) is 11.8 Å². The van der Waals surface area contributed by atoms with Crippen molar-refractivity contribution in [3.05, 3.63) is 29.6 Å². The molecule has 1 aliphatic heterocycles. The van der Waals surface area contributed by atoms with Crippen LogP contribution >= 0.6 is 0 Å². The Labute approximate surface area is 143 Å². The van der Waals surface area contributed by atoms with E-state index >= 15 is 0 Å². The van der Waals surface area contributed by atoms with E-state index in [1.54, 1.807) is 0 Å². The van der Waals surface area contributed by atoms with Crippen LogP contribution in [0, 0.1) is 0 Å². The first-order valence-corrected chi connectivity index (χ1v) is 8.95. The second kappa shape index (κ2) is 5.44. The van der Waals surface area contributed by atoms with Crippen LogP contribution in [0.1, 0.15) is 61.6 Å². The van der Waals surface area contributed by atoms with Gasteiger partial charge in [-0.1, -0.05) is 18.0 Å². The Balaban J connectivity index is 1.69. The molecule has 1 unspecified atom stereocenters. The van der Waals surface area contributed by atoms with E-state index in [0.29, 0.717) is 24.5 Å². The number of rotatable bonds is 2. The molecule has 2 fully saturated rings. The predicted molar refractivity (Wildman–Crippen MR) is 92.2 cm³/mol. The van der Waals surface area contributed by atoms with Gasteiger partial charge >= 0.3 is 0 Å². The Morgan fingerprint density at radius 2 is 2.00 bits per heavy atom. The van der Waals surface area contributed by atoms with Gasteiger partial charge in [-0.05, 0) is 42.9 Å². The van der Waals surface area contributed by atoms with Gasteiger partial charge in [0.05, 0.1) is 11.3 Å². The maximum absolute atomic E-state index is 12.3. The molecule has 6 nitrogen and oxygen atoms in total. The molecule has 0 bridgehead atoms. The van der Waals surface area contributed by atoms with Gasteiger partial charge in [-0.3, -0.25) is 14.9 Å². The van der Waals surface area contributed by atoms with Crippen molar-refractivity contribution in [2.24, 2.45) is 0 Å². The van der Waals surface area contributed by atoms with Crippen molar-refractivity contribution in [1.29, 1.82) is 0 Å². The molecule has 2 amide bonds. The molecule has 1 saturated heterocycles. The summed E-state index contributed by atoms with van der Waals surface area (Å²) in [5, 5.41) is 8.60. The predicted octanol–water partition coefficient (Wildman–Crippen LogP) is 3.49. The van der Waals surface area contributed by atoms with Gasteiger partial charge in [-0.25, -0.2) is 0 Å². The van der Waals surface area contributed by atoms with Gasteiger partial charge in [0.15, 0.2) is 5.58 Å². The first kappa shape index (κ1) is 14.7. The molecule has 2 N–H and O–H groups in total. The number of nitrogens with zero attached hydrogens (tertiary/aromatic N) is 1. The maximum Gasteiger partial charge on any atom is 0.235 e. The summed E-state index contributed by atoms with van der Waals surface area (Å²) in [5.41, 5.74) is 3.78. The monoisotopic (exact) mass is 337 g/mol. The standard InChI is InChI=1S/C19H19N3O3/c23-15-6-5-12(19(24)21-15)18-16-11-7-8-20-17(11)13(9-14(16)25-22-18)10-3-1-2-4-10/h7-10,12,20H,1-6H2,(H,21,23,24). The molecule has 25 heavy (non-hydrogen) atoms. The average molecular weight is 337 g/mol. The molecule has 5 rings (SSSR count). The van der Waals surface area contributed by atoms with Crippen molar-refractivity contribution in [2.75, 3.05) is 0 Å². The highest BCUT2D eigenvalue weighted by atomic mass is 16.5. The quantitative estimate of drug-likeness (QED) is 0.701. The zero-order valence-corrected chi connectivity index (χ0v) is 13.8. The zero-order chi connectivity index (χ0) is 17.0. The van der Waals surface area contributed by atoms with Gasteiger partial charge in [0.2, 0.25) is 11.8 Å². The number of H-pyrrole nitrogens is 1. The molecule has 0 radical (unpaired) electrons. The van der Waals surface area contributed by atoms with Crippen LogP contribution in [0.3, 0.4) is 0 Å². The van der Waals surface area contributed by atoms with E-state index in [1.165, 1.54) is 31.2 Å². The fraction of sp³-hybridized carbons (Fsp3) is 0.421. The SMILES string of the molecule is O=C1CCC(c2noc3cc(C4CCCC4)c4[nH]ccc4c23)C(=O)N1. The number of carbonyl (C=O) groups is 2. The number of carbonyl (C=O) groups excluding carboxylic acids is 2. The summed E-state index contributed by atoms with van der Waals surface area (Å²) in [6, 6.07) is 4.12. The van der Waals surface area contributed by atoms with Crippen molar-refractivity contribution in [3.8, 4) is 0 Å². The van der Waals surface area contributed by atoms with Crippen LogP contribution in [-0.4, -0.2) is 22.0 Å². The van der Waals surface area contributed by atoms with Crippen LogP contribution in [0.4, 0.5) is 0 Å². The van der Waals surface area contributed by atoms with Crippen LogP contribution in [0.5, 0.6) is 0 Å². The normalized spacial score (nSPS) is 22.2. The van der Waals surface area contributed by atoms with Crippen LogP contribution in [0.25, 0.3) is 21.9 Å². The fourth-order valence-corrected chi connectivity index (χ4v) is 4.47. The number of aromatic nitrogens is 2. The third kappa shape index (κ3) is 2.20. The second-order valence-corrected chi connectivity index (χ2v) is 7.16. The lowest BCUT2D eigenvalue weighted by Crippen LogP contribution is -2.39. The first-order chi connectivity index (χ1) is 12.2. The first-order valence-electron chi connectivity index (χ1n) is 8.95. The lowest BCUT2D eigenvalue weighted by Gasteiger charge is -2.19. The number of amides is 2. The molecule has 2 aromatic heterocycles. The highest BCUT2D eigenvalue weighted by molar-refractivity contribution is 6.10. The topological polar surface area (TPSA) is 88.0 Å². The Hall–Kier alpha value is -2.63. The van der Waals surface area contributed by atoms with E-state index in [2.05, 4.69) is 21.5 Å². The Bertz CT molecular complexity index is 994. The number of imide groups is 1. The van der Waals surface area contributed by atoms with Gasteiger partial charge in [0, 0.05) is 23.5 Å². The van der Waals surface area contributed by atoms with Crippen molar-refractivity contribution in [3.63, 3.8) is 0 Å². The summed E-state index contributed by atoms with van der Waals surface area (Å²) < 4.78 is 5.63. The van der Waals surface area contributed by atoms with Crippen molar-refractivity contribution in [1.82, 2.24) is 15.5 Å². The minimum Gasteiger partial charge on any atom is -0.361 e. The third-order valence-corrected chi connectivity index (χ3v) is 5.70. The molecule has 1 atom stereocenters. The van der Waals surface area contributed by atoms with E-state index in [0.717, 1.165) is 21.9 Å². The third-order valence-electron chi connectivity index (χ3n) is 5.70. The summed E-state index contributed by atoms with van der Waals surface area (Å²) in [7, 11) is 0. The Morgan fingerprint density at radius 3 is 2.80 bits per heavy atom. The summed E-state index contributed by atoms with van der Waals surface area (Å²) in [5.74, 6) is -0.386. The summed E-state index contributed by atoms with van der Waals surface area (Å²) in [6.07, 6.45) is 7.68. The number of benzene rings is 1. The number of nitrogens with one attached hydrogen (secondary N) is 2. The zero-order valence-electron chi connectivity index (χ0n) is 13.8. The average Bonchev–Trinajstić information content (AvgIpc) is 3.33. The lowest BCUT2D eigenvalue weighted by molar-refractivity contribution is -0.134. The molecule has 0 spiro atoms. The molecule has 3 aromatic rings. The Kier molecular flexibility index (Phi) is 3.20. The molecule has 128 valence electrons. The fourth-order valence-electron chi connectivity index (χ4n) is 4.47. The van der Waals surface area contributed by atoms with E-state index in [4.69, 9.17) is 4.52 Å². The van der Waals surface area contributed by atoms with Crippen LogP contribution in [0.15, 0.2) is 22.9 Å². The number of hydrogen-bond donors (Lipinski definition) is 2. The smallest absolute Gasteiger partial charge is 0.235 e. The van der Waals surface area contributed by atoms with Crippen LogP contribution < -0.4 is 5.32 Å². The molecular formula is C19H19N3O3. The minimum atomic E-state index is -0.436. The lowest BCUT2D eigenvalue weighted by atomic mass is 9.89. The van der Waals surface area contributed by atoms with Gasteiger partial charge in [0.25, 0.3) is 0 Å². The summed E-state index contributed by atoms with van der Waals surface area (Å²) >= 11 is 0. The highest BCUT2D eigenvalue weighted by Gasteiger charge is 2.33. The van der Waals surface area contributed by atoms with Gasteiger partial charge in [0.1, 0.15) is 5.69 Å². The van der Waals surface area contributed by atoms with Crippen molar-refractivity contribution < 1.29 is 14.1 Å². The molecule has 1 aromatic carbocycles. The highest BCUT2D eigenvalue weighted by Crippen LogP contribution is 2.42. The van der Waals surface area contributed by atoms with Gasteiger partial charge < -0.3 is 9.51 Å².